The van der Waals surface area contributed by atoms with E-state index < -0.39 is 0 Å². The van der Waals surface area contributed by atoms with Crippen LogP contribution in [0.1, 0.15) is 15.9 Å². The molecular formula is C18H16N8O. The summed E-state index contributed by atoms with van der Waals surface area (Å²) in [7, 11) is 0. The second-order valence-corrected chi connectivity index (χ2v) is 6.06. The summed E-state index contributed by atoms with van der Waals surface area (Å²) in [6.45, 7) is 2.51. The molecule has 9 heteroatoms. The van der Waals surface area contributed by atoms with Crippen molar-refractivity contribution < 1.29 is 4.79 Å². The Kier molecular flexibility index (Phi) is 4.45. The molecule has 134 valence electrons. The normalized spacial score (nSPS) is 14.0. The van der Waals surface area contributed by atoms with Gasteiger partial charge in [-0.05, 0) is 30.3 Å². The zero-order valence-electron chi connectivity index (χ0n) is 14.4. The molecule has 1 aliphatic heterocycles. The molecule has 0 bridgehead atoms. The maximum atomic E-state index is 12.6. The number of hydrogen-bond donors (Lipinski definition) is 0. The van der Waals surface area contributed by atoms with Crippen molar-refractivity contribution in [3.8, 4) is 11.9 Å². The number of carbonyl (C=O) groups excluding carboxylic acids is 1. The Morgan fingerprint density at radius 3 is 2.48 bits per heavy atom. The predicted molar refractivity (Wildman–Crippen MR) is 96.2 cm³/mol. The van der Waals surface area contributed by atoms with Gasteiger partial charge in [-0.3, -0.25) is 4.79 Å². The number of benzene rings is 1. The molecule has 1 aliphatic rings. The van der Waals surface area contributed by atoms with Crippen molar-refractivity contribution in [3.05, 3.63) is 60.2 Å². The highest BCUT2D eigenvalue weighted by Gasteiger charge is 2.23. The van der Waals surface area contributed by atoms with Gasteiger partial charge in [0.1, 0.15) is 12.7 Å². The molecule has 1 aromatic carbocycles. The molecule has 9 nitrogen and oxygen atoms in total. The van der Waals surface area contributed by atoms with E-state index in [2.05, 4.69) is 31.2 Å². The molecule has 3 aromatic rings. The van der Waals surface area contributed by atoms with E-state index in [1.807, 2.05) is 12.1 Å². The van der Waals surface area contributed by atoms with Gasteiger partial charge in [0.25, 0.3) is 5.91 Å². The molecule has 27 heavy (non-hydrogen) atoms. The van der Waals surface area contributed by atoms with Crippen molar-refractivity contribution in [1.82, 2.24) is 29.9 Å². The van der Waals surface area contributed by atoms with Crippen LogP contribution in [0.25, 0.3) is 5.82 Å². The molecule has 1 fully saturated rings. The molecule has 4 rings (SSSR count). The molecule has 0 atom stereocenters. The van der Waals surface area contributed by atoms with Crippen LogP contribution < -0.4 is 4.90 Å². The van der Waals surface area contributed by atoms with Crippen molar-refractivity contribution >= 4 is 11.7 Å². The maximum Gasteiger partial charge on any atom is 0.254 e. The van der Waals surface area contributed by atoms with Crippen LogP contribution in [0, 0.1) is 11.3 Å². The summed E-state index contributed by atoms with van der Waals surface area (Å²) < 4.78 is 1.54. The second kappa shape index (κ2) is 7.21. The fourth-order valence-electron chi connectivity index (χ4n) is 2.98. The predicted octanol–water partition coefficient (Wildman–Crippen LogP) is 0.891. The van der Waals surface area contributed by atoms with Gasteiger partial charge in [-0.2, -0.15) is 10.4 Å². The number of aromatic nitrogens is 5. The smallest absolute Gasteiger partial charge is 0.254 e. The van der Waals surface area contributed by atoms with Crippen molar-refractivity contribution in [1.29, 1.82) is 5.26 Å². The number of anilines is 1. The van der Waals surface area contributed by atoms with Crippen molar-refractivity contribution in [2.45, 2.75) is 0 Å². The van der Waals surface area contributed by atoms with E-state index in [-0.39, 0.29) is 5.91 Å². The van der Waals surface area contributed by atoms with Crippen LogP contribution in [-0.4, -0.2) is 61.9 Å². The molecule has 3 heterocycles. The number of carbonyl (C=O) groups is 1. The zero-order chi connectivity index (χ0) is 18.6. The third-order valence-corrected chi connectivity index (χ3v) is 4.42. The first-order valence-electron chi connectivity index (χ1n) is 8.48. The van der Waals surface area contributed by atoms with Gasteiger partial charge in [0, 0.05) is 31.7 Å². The zero-order valence-corrected chi connectivity index (χ0v) is 14.4. The van der Waals surface area contributed by atoms with Gasteiger partial charge in [-0.25, -0.2) is 9.67 Å². The first-order chi connectivity index (χ1) is 13.2. The first-order valence-corrected chi connectivity index (χ1v) is 8.48. The lowest BCUT2D eigenvalue weighted by Crippen LogP contribution is -2.49. The summed E-state index contributed by atoms with van der Waals surface area (Å²) in [4.78, 5) is 20.4. The Labute approximate surface area is 155 Å². The van der Waals surface area contributed by atoms with Crippen LogP contribution in [0.2, 0.25) is 0 Å². The molecule has 0 saturated carbocycles. The molecule has 2 aromatic heterocycles. The SMILES string of the molecule is N#Cc1cccc(C(=O)N2CCN(c3ccc(-n4cncn4)nn3)CC2)c1. The van der Waals surface area contributed by atoms with Crippen LogP contribution in [-0.2, 0) is 0 Å². The van der Waals surface area contributed by atoms with E-state index in [0.717, 1.165) is 5.82 Å². The van der Waals surface area contributed by atoms with Gasteiger partial charge < -0.3 is 9.80 Å². The maximum absolute atomic E-state index is 12.6. The van der Waals surface area contributed by atoms with Crippen LogP contribution >= 0.6 is 0 Å². The van der Waals surface area contributed by atoms with Crippen LogP contribution in [0.4, 0.5) is 5.82 Å². The highest BCUT2D eigenvalue weighted by molar-refractivity contribution is 5.94. The summed E-state index contributed by atoms with van der Waals surface area (Å²) in [5.74, 6) is 1.30. The van der Waals surface area contributed by atoms with E-state index in [9.17, 15) is 4.79 Å². The number of hydrogen-bond acceptors (Lipinski definition) is 7. The average molecular weight is 360 g/mol. The summed E-state index contributed by atoms with van der Waals surface area (Å²) in [6.07, 6.45) is 3.01. The lowest BCUT2D eigenvalue weighted by Gasteiger charge is -2.35. The number of piperazine rings is 1. The van der Waals surface area contributed by atoms with Crippen LogP contribution in [0.5, 0.6) is 0 Å². The fourth-order valence-corrected chi connectivity index (χ4v) is 2.98. The van der Waals surface area contributed by atoms with Gasteiger partial charge in [0.05, 0.1) is 11.6 Å². The molecule has 0 radical (unpaired) electrons. The third-order valence-electron chi connectivity index (χ3n) is 4.42. The minimum absolute atomic E-state index is 0.0561. The second-order valence-electron chi connectivity index (χ2n) is 6.06. The van der Waals surface area contributed by atoms with Gasteiger partial charge in [0.2, 0.25) is 0 Å². The standard InChI is InChI=1S/C18H16N8O/c19-11-14-2-1-3-15(10-14)18(27)25-8-6-24(7-9-25)16-4-5-17(23-22-16)26-13-20-12-21-26/h1-5,10,12-13H,6-9H2. The Hall–Kier alpha value is -3.80. The molecule has 1 amide bonds. The Balaban J connectivity index is 1.40. The van der Waals surface area contributed by atoms with E-state index in [0.29, 0.717) is 43.1 Å². The summed E-state index contributed by atoms with van der Waals surface area (Å²) >= 11 is 0. The fraction of sp³-hybridized carbons (Fsp3) is 0.222. The lowest BCUT2D eigenvalue weighted by molar-refractivity contribution is 0.0746. The highest BCUT2D eigenvalue weighted by Crippen LogP contribution is 2.16. The minimum Gasteiger partial charge on any atom is -0.352 e. The highest BCUT2D eigenvalue weighted by atomic mass is 16.2. The Morgan fingerprint density at radius 2 is 1.81 bits per heavy atom. The van der Waals surface area contributed by atoms with Gasteiger partial charge >= 0.3 is 0 Å². The van der Waals surface area contributed by atoms with E-state index in [1.165, 1.54) is 6.33 Å². The number of nitriles is 1. The van der Waals surface area contributed by atoms with Gasteiger partial charge in [0.15, 0.2) is 11.6 Å². The largest absolute Gasteiger partial charge is 0.352 e. The minimum atomic E-state index is -0.0561. The lowest BCUT2D eigenvalue weighted by atomic mass is 10.1. The molecule has 0 N–H and O–H groups in total. The number of amides is 1. The Morgan fingerprint density at radius 1 is 1.04 bits per heavy atom. The summed E-state index contributed by atoms with van der Waals surface area (Å²) in [5.41, 5.74) is 1.03. The van der Waals surface area contributed by atoms with Crippen LogP contribution in [0.15, 0.2) is 49.1 Å². The number of rotatable bonds is 3. The van der Waals surface area contributed by atoms with Gasteiger partial charge in [-0.1, -0.05) is 6.07 Å². The molecule has 0 spiro atoms. The average Bonchev–Trinajstić information content (AvgIpc) is 3.28. The topological polar surface area (TPSA) is 104 Å². The summed E-state index contributed by atoms with van der Waals surface area (Å²) in [5, 5.41) is 21.4. The third kappa shape index (κ3) is 3.46. The number of nitrogens with zero attached hydrogens (tertiary/aromatic N) is 8. The van der Waals surface area contributed by atoms with Crippen molar-refractivity contribution in [2.75, 3.05) is 31.1 Å². The monoisotopic (exact) mass is 360 g/mol. The quantitative estimate of drug-likeness (QED) is 0.683. The molecule has 0 unspecified atom stereocenters. The van der Waals surface area contributed by atoms with Crippen molar-refractivity contribution in [3.63, 3.8) is 0 Å². The van der Waals surface area contributed by atoms with E-state index in [1.54, 1.807) is 40.2 Å². The molecule has 1 saturated heterocycles. The summed E-state index contributed by atoms with van der Waals surface area (Å²) in [6, 6.07) is 12.6. The molecule has 0 aliphatic carbocycles. The van der Waals surface area contributed by atoms with Crippen molar-refractivity contribution in [2.24, 2.45) is 0 Å². The van der Waals surface area contributed by atoms with E-state index in [4.69, 9.17) is 5.26 Å². The van der Waals surface area contributed by atoms with Crippen LogP contribution in [0.3, 0.4) is 0 Å². The first kappa shape index (κ1) is 16.7. The Bertz CT molecular complexity index is 969. The molecular weight excluding hydrogens is 344 g/mol. The van der Waals surface area contributed by atoms with E-state index >= 15 is 0 Å². The van der Waals surface area contributed by atoms with Gasteiger partial charge in [-0.15, -0.1) is 10.2 Å².